The van der Waals surface area contributed by atoms with Crippen molar-refractivity contribution in [2.45, 2.75) is 19.1 Å². The van der Waals surface area contributed by atoms with E-state index >= 15 is 0 Å². The number of aromatic nitrogens is 4. The number of methoxy groups -OCH3 is 1. The van der Waals surface area contributed by atoms with Gasteiger partial charge in [-0.3, -0.25) is 9.36 Å². The van der Waals surface area contributed by atoms with Crippen LogP contribution >= 0.6 is 0 Å². The molecule has 0 unspecified atom stereocenters. The van der Waals surface area contributed by atoms with Crippen molar-refractivity contribution in [3.05, 3.63) is 78.5 Å². The third-order valence-electron chi connectivity index (χ3n) is 5.13. The fourth-order valence-electron chi connectivity index (χ4n) is 3.37. The second-order valence-corrected chi connectivity index (χ2v) is 7.75. The number of hydrogen-bond acceptors (Lipinski definition) is 6. The number of nitrogens with one attached hydrogen (secondary N) is 2. The van der Waals surface area contributed by atoms with Crippen molar-refractivity contribution in [1.29, 1.82) is 0 Å². The Hall–Kier alpha value is -4.55. The Labute approximate surface area is 207 Å². The Morgan fingerprint density at radius 1 is 1.00 bits per heavy atom. The standard InChI is InChI=1S/C24H19F5N6O2/c1-37-21-19(24(27,28)29)9-18(12-30-21)33-20(36)8-14-2-4-15(5-3-14)16-10-31-23(32-11-16)34-17-6-7-35(13-17)22(25)26/h2-7,9-13,22H,8H2,1H3,(H,33,36)(H,31,32,34). The second-order valence-electron chi connectivity index (χ2n) is 7.75. The van der Waals surface area contributed by atoms with Crippen LogP contribution in [0.15, 0.2) is 67.4 Å². The Bertz CT molecular complexity index is 1370. The molecule has 192 valence electrons. The minimum Gasteiger partial charge on any atom is -0.481 e. The normalized spacial score (nSPS) is 11.4. The largest absolute Gasteiger partial charge is 0.481 e. The van der Waals surface area contributed by atoms with Crippen molar-refractivity contribution < 1.29 is 31.5 Å². The lowest BCUT2D eigenvalue weighted by atomic mass is 10.0. The van der Waals surface area contributed by atoms with Crippen molar-refractivity contribution in [2.24, 2.45) is 0 Å². The Balaban J connectivity index is 1.37. The lowest BCUT2D eigenvalue weighted by Gasteiger charge is -2.13. The van der Waals surface area contributed by atoms with E-state index in [0.717, 1.165) is 29.5 Å². The average molecular weight is 518 g/mol. The van der Waals surface area contributed by atoms with Crippen LogP contribution in [-0.2, 0) is 17.4 Å². The monoisotopic (exact) mass is 518 g/mol. The molecule has 13 heteroatoms. The zero-order valence-corrected chi connectivity index (χ0v) is 19.1. The number of carbonyl (C=O) groups is 1. The molecule has 0 saturated heterocycles. The number of halogens is 5. The molecule has 3 heterocycles. The zero-order chi connectivity index (χ0) is 26.6. The molecule has 0 fully saturated rings. The minimum atomic E-state index is -4.69. The molecule has 0 aliphatic heterocycles. The number of amides is 1. The van der Waals surface area contributed by atoms with Crippen molar-refractivity contribution in [3.63, 3.8) is 0 Å². The van der Waals surface area contributed by atoms with Crippen LogP contribution in [0.1, 0.15) is 17.7 Å². The van der Waals surface area contributed by atoms with Gasteiger partial charge in [-0.2, -0.15) is 22.0 Å². The quantitative estimate of drug-likeness (QED) is 0.291. The minimum absolute atomic E-state index is 0.0781. The SMILES string of the molecule is COc1ncc(NC(=O)Cc2ccc(-c3cnc(Nc4ccn(C(F)F)c4)nc3)cc2)cc1C(F)(F)F. The van der Waals surface area contributed by atoms with Crippen LogP contribution in [0.4, 0.5) is 39.3 Å². The maximum absolute atomic E-state index is 13.2. The van der Waals surface area contributed by atoms with Gasteiger partial charge in [-0.05, 0) is 23.3 Å². The molecule has 3 aromatic heterocycles. The molecule has 0 spiro atoms. The van der Waals surface area contributed by atoms with Gasteiger partial charge < -0.3 is 15.4 Å². The molecule has 0 aliphatic rings. The number of anilines is 3. The molecular formula is C24H19F5N6O2. The molecule has 1 aromatic carbocycles. The van der Waals surface area contributed by atoms with E-state index in [4.69, 9.17) is 0 Å². The van der Waals surface area contributed by atoms with Gasteiger partial charge in [-0.25, -0.2) is 15.0 Å². The highest BCUT2D eigenvalue weighted by atomic mass is 19.4. The molecule has 2 N–H and O–H groups in total. The zero-order valence-electron chi connectivity index (χ0n) is 19.1. The summed E-state index contributed by atoms with van der Waals surface area (Å²) in [6.45, 7) is -2.64. The van der Waals surface area contributed by atoms with Crippen molar-refractivity contribution in [3.8, 4) is 17.0 Å². The maximum Gasteiger partial charge on any atom is 0.421 e. The first-order chi connectivity index (χ1) is 17.6. The summed E-state index contributed by atoms with van der Waals surface area (Å²) in [5.74, 6) is -0.877. The molecule has 4 aromatic rings. The first-order valence-corrected chi connectivity index (χ1v) is 10.7. The Morgan fingerprint density at radius 2 is 1.70 bits per heavy atom. The van der Waals surface area contributed by atoms with E-state index in [9.17, 15) is 26.7 Å². The van der Waals surface area contributed by atoms with Crippen LogP contribution in [-0.4, -0.2) is 32.5 Å². The van der Waals surface area contributed by atoms with Gasteiger partial charge in [0, 0.05) is 30.4 Å². The molecule has 4 rings (SSSR count). The van der Waals surface area contributed by atoms with E-state index in [-0.39, 0.29) is 18.1 Å². The van der Waals surface area contributed by atoms with Crippen molar-refractivity contribution in [1.82, 2.24) is 19.5 Å². The van der Waals surface area contributed by atoms with Crippen molar-refractivity contribution in [2.75, 3.05) is 17.7 Å². The van der Waals surface area contributed by atoms with E-state index in [1.54, 1.807) is 36.7 Å². The highest BCUT2D eigenvalue weighted by Crippen LogP contribution is 2.36. The second kappa shape index (κ2) is 10.6. The molecule has 0 saturated carbocycles. The highest BCUT2D eigenvalue weighted by Gasteiger charge is 2.35. The van der Waals surface area contributed by atoms with Gasteiger partial charge in [0.25, 0.3) is 0 Å². The summed E-state index contributed by atoms with van der Waals surface area (Å²) in [4.78, 5) is 24.3. The number of pyridine rings is 1. The fraction of sp³-hybridized carbons (Fsp3) is 0.167. The van der Waals surface area contributed by atoms with Crippen LogP contribution in [0.25, 0.3) is 11.1 Å². The smallest absolute Gasteiger partial charge is 0.421 e. The Morgan fingerprint density at radius 3 is 2.30 bits per heavy atom. The Kier molecular flexibility index (Phi) is 7.32. The van der Waals surface area contributed by atoms with E-state index in [0.29, 0.717) is 16.8 Å². The number of ether oxygens (including phenoxy) is 1. The van der Waals surface area contributed by atoms with Gasteiger partial charge >= 0.3 is 12.7 Å². The maximum atomic E-state index is 13.2. The number of nitrogens with zero attached hydrogens (tertiary/aromatic N) is 4. The highest BCUT2D eigenvalue weighted by molar-refractivity contribution is 5.92. The summed E-state index contributed by atoms with van der Waals surface area (Å²) < 4.78 is 70.2. The van der Waals surface area contributed by atoms with Gasteiger partial charge in [0.05, 0.1) is 31.1 Å². The van der Waals surface area contributed by atoms with Crippen LogP contribution in [0.3, 0.4) is 0 Å². The molecule has 0 radical (unpaired) electrons. The van der Waals surface area contributed by atoms with Crippen LogP contribution in [0, 0.1) is 0 Å². The predicted molar refractivity (Wildman–Crippen MR) is 125 cm³/mol. The first kappa shape index (κ1) is 25.5. The number of rotatable bonds is 8. The van der Waals surface area contributed by atoms with E-state index in [1.807, 2.05) is 0 Å². The molecule has 8 nitrogen and oxygen atoms in total. The molecule has 0 bridgehead atoms. The van der Waals surface area contributed by atoms with Crippen LogP contribution in [0.2, 0.25) is 0 Å². The third kappa shape index (κ3) is 6.37. The predicted octanol–water partition coefficient (Wildman–Crippen LogP) is 5.69. The number of alkyl halides is 5. The fourth-order valence-corrected chi connectivity index (χ4v) is 3.37. The van der Waals surface area contributed by atoms with E-state index in [2.05, 4.69) is 30.3 Å². The van der Waals surface area contributed by atoms with Gasteiger partial charge in [0.15, 0.2) is 0 Å². The topological polar surface area (TPSA) is 94.0 Å². The molecular weight excluding hydrogens is 499 g/mol. The van der Waals surface area contributed by atoms with Crippen molar-refractivity contribution >= 4 is 23.2 Å². The molecule has 1 amide bonds. The lowest BCUT2D eigenvalue weighted by molar-refractivity contribution is -0.139. The lowest BCUT2D eigenvalue weighted by Crippen LogP contribution is -2.16. The molecule has 37 heavy (non-hydrogen) atoms. The molecule has 0 aliphatic carbocycles. The summed E-state index contributed by atoms with van der Waals surface area (Å²) in [7, 11) is 1.08. The average Bonchev–Trinajstić information content (AvgIpc) is 3.33. The van der Waals surface area contributed by atoms with Crippen LogP contribution in [0.5, 0.6) is 5.88 Å². The summed E-state index contributed by atoms with van der Waals surface area (Å²) in [6.07, 6.45) is 1.89. The third-order valence-corrected chi connectivity index (χ3v) is 5.13. The summed E-state index contributed by atoms with van der Waals surface area (Å²) in [6, 6.07) is 9.11. The summed E-state index contributed by atoms with van der Waals surface area (Å²) in [5, 5.41) is 5.24. The van der Waals surface area contributed by atoms with Crippen LogP contribution < -0.4 is 15.4 Å². The van der Waals surface area contributed by atoms with Gasteiger partial charge in [0.2, 0.25) is 17.7 Å². The van der Waals surface area contributed by atoms with E-state index in [1.165, 1.54) is 18.5 Å². The first-order valence-electron chi connectivity index (χ1n) is 10.7. The number of benzene rings is 1. The van der Waals surface area contributed by atoms with Gasteiger partial charge in [0.1, 0.15) is 5.56 Å². The van der Waals surface area contributed by atoms with E-state index < -0.39 is 30.1 Å². The number of carbonyl (C=O) groups excluding carboxylic acids is 1. The van der Waals surface area contributed by atoms with Gasteiger partial charge in [-0.15, -0.1) is 0 Å². The van der Waals surface area contributed by atoms with Gasteiger partial charge in [-0.1, -0.05) is 24.3 Å². The summed E-state index contributed by atoms with van der Waals surface area (Å²) in [5.41, 5.74) is 1.28. The summed E-state index contributed by atoms with van der Waals surface area (Å²) >= 11 is 0. The number of hydrogen-bond donors (Lipinski definition) is 2. The molecule has 0 atom stereocenters.